The number of hydrogen-bond acceptors (Lipinski definition) is 6. The fraction of sp³-hybridized carbons (Fsp3) is 0.545. The molecule has 2 aromatic rings. The van der Waals surface area contributed by atoms with Crippen LogP contribution in [0.15, 0.2) is 24.4 Å². The Hall–Kier alpha value is -2.32. The van der Waals surface area contributed by atoms with Gasteiger partial charge in [-0.1, -0.05) is 25.8 Å². The second-order valence-corrected chi connectivity index (χ2v) is 9.69. The molecule has 4 heterocycles. The largest absolute Gasteiger partial charge is 0.367 e. The summed E-state index contributed by atoms with van der Waals surface area (Å²) in [5.74, 6) is -0.224. The predicted molar refractivity (Wildman–Crippen MR) is 112 cm³/mol. The molecule has 0 radical (unpaired) electrons. The van der Waals surface area contributed by atoms with E-state index in [4.69, 9.17) is 4.74 Å². The van der Waals surface area contributed by atoms with Gasteiger partial charge in [-0.2, -0.15) is 0 Å². The highest BCUT2D eigenvalue weighted by Gasteiger charge is 2.52. The number of thiophene rings is 1. The van der Waals surface area contributed by atoms with E-state index in [1.807, 2.05) is 25.1 Å². The Balaban J connectivity index is 1.40. The van der Waals surface area contributed by atoms with E-state index in [0.717, 1.165) is 35.9 Å². The van der Waals surface area contributed by atoms with Gasteiger partial charge in [0.25, 0.3) is 5.91 Å². The third-order valence-corrected chi connectivity index (χ3v) is 7.72. The predicted octanol–water partition coefficient (Wildman–Crippen LogP) is 2.40. The number of pyridine rings is 1. The van der Waals surface area contributed by atoms with Crippen LogP contribution in [-0.4, -0.2) is 58.8 Å². The van der Waals surface area contributed by atoms with Crippen LogP contribution >= 0.6 is 11.3 Å². The molecule has 2 aliphatic heterocycles. The molecular weight excluding hydrogens is 402 g/mol. The minimum atomic E-state index is -0.613. The number of Topliss-reactive ketones (excluding diaryl/α,β-unsaturated/α-hetero) is 1. The number of ketones is 1. The van der Waals surface area contributed by atoms with Gasteiger partial charge in [0.1, 0.15) is 23.5 Å². The van der Waals surface area contributed by atoms with E-state index in [1.54, 1.807) is 11.1 Å². The van der Waals surface area contributed by atoms with Crippen molar-refractivity contribution in [3.05, 3.63) is 29.3 Å². The van der Waals surface area contributed by atoms with Crippen molar-refractivity contribution in [1.29, 1.82) is 0 Å². The zero-order chi connectivity index (χ0) is 20.8. The Bertz CT molecular complexity index is 966. The molecule has 0 unspecified atom stereocenters. The first-order valence-electron chi connectivity index (χ1n) is 10.6. The van der Waals surface area contributed by atoms with Crippen LogP contribution in [0.3, 0.4) is 0 Å². The summed E-state index contributed by atoms with van der Waals surface area (Å²) in [6, 6.07) is 4.46. The molecule has 3 aliphatic rings. The lowest BCUT2D eigenvalue weighted by atomic mass is 9.96. The van der Waals surface area contributed by atoms with E-state index in [1.165, 1.54) is 11.3 Å². The second-order valence-electron chi connectivity index (χ2n) is 8.66. The van der Waals surface area contributed by atoms with Gasteiger partial charge >= 0.3 is 0 Å². The van der Waals surface area contributed by atoms with Crippen molar-refractivity contribution in [2.24, 2.45) is 11.8 Å². The molecule has 0 spiro atoms. The molecule has 2 saturated heterocycles. The van der Waals surface area contributed by atoms with E-state index >= 15 is 0 Å². The lowest BCUT2D eigenvalue weighted by Gasteiger charge is -2.30. The smallest absolute Gasteiger partial charge is 0.262 e. The van der Waals surface area contributed by atoms with Crippen LogP contribution in [0.5, 0.6) is 0 Å². The number of likely N-dealkylation sites (tertiary alicyclic amines) is 1. The molecule has 158 valence electrons. The molecule has 1 aliphatic carbocycles. The monoisotopic (exact) mass is 427 g/mol. The van der Waals surface area contributed by atoms with Crippen LogP contribution in [0.1, 0.15) is 42.3 Å². The summed E-state index contributed by atoms with van der Waals surface area (Å²) >= 11 is 1.33. The molecule has 1 saturated carbocycles. The van der Waals surface area contributed by atoms with Crippen molar-refractivity contribution in [1.82, 2.24) is 15.2 Å². The molecule has 2 amide bonds. The molecule has 5 rings (SSSR count). The number of rotatable bonds is 4. The first-order chi connectivity index (χ1) is 14.5. The Kier molecular flexibility index (Phi) is 5.06. The highest BCUT2D eigenvalue weighted by Crippen LogP contribution is 2.35. The van der Waals surface area contributed by atoms with Crippen LogP contribution in [0.2, 0.25) is 0 Å². The molecular formula is C22H25N3O4S. The molecule has 1 N–H and O–H groups in total. The molecule has 8 heteroatoms. The van der Waals surface area contributed by atoms with Crippen LogP contribution in [0, 0.1) is 11.8 Å². The van der Waals surface area contributed by atoms with E-state index < -0.39 is 12.1 Å². The lowest BCUT2D eigenvalue weighted by molar-refractivity contribution is -0.139. The number of carbonyl (C=O) groups excluding carboxylic acids is 3. The fourth-order valence-electron chi connectivity index (χ4n) is 5.17. The topological polar surface area (TPSA) is 88.6 Å². The quantitative estimate of drug-likeness (QED) is 0.810. The highest BCUT2D eigenvalue weighted by atomic mass is 32.1. The first kappa shape index (κ1) is 19.6. The number of hydrogen-bond donors (Lipinski definition) is 1. The number of ether oxygens (including phenoxy) is 1. The number of aromatic nitrogens is 1. The van der Waals surface area contributed by atoms with Crippen LogP contribution in [-0.2, 0) is 14.3 Å². The zero-order valence-corrected chi connectivity index (χ0v) is 17.7. The molecule has 30 heavy (non-hydrogen) atoms. The van der Waals surface area contributed by atoms with E-state index in [2.05, 4.69) is 10.3 Å². The summed E-state index contributed by atoms with van der Waals surface area (Å²) in [7, 11) is 0. The van der Waals surface area contributed by atoms with Crippen molar-refractivity contribution >= 4 is 39.2 Å². The summed E-state index contributed by atoms with van der Waals surface area (Å²) in [5.41, 5.74) is 0. The Morgan fingerprint density at radius 3 is 2.90 bits per heavy atom. The number of carbonyl (C=O) groups is 3. The average Bonchev–Trinajstić information content (AvgIpc) is 3.52. The molecule has 3 fully saturated rings. The fourth-order valence-corrected chi connectivity index (χ4v) is 6.07. The maximum atomic E-state index is 13.6. The van der Waals surface area contributed by atoms with Crippen molar-refractivity contribution < 1.29 is 19.1 Å². The second kappa shape index (κ2) is 7.74. The van der Waals surface area contributed by atoms with Gasteiger partial charge in [0.2, 0.25) is 5.91 Å². The van der Waals surface area contributed by atoms with Crippen molar-refractivity contribution in [3.63, 3.8) is 0 Å². The highest BCUT2D eigenvalue weighted by molar-refractivity contribution is 7.20. The first-order valence-corrected chi connectivity index (χ1v) is 11.4. The number of nitrogens with one attached hydrogen (secondary N) is 1. The zero-order valence-electron chi connectivity index (χ0n) is 16.9. The van der Waals surface area contributed by atoms with Gasteiger partial charge in [-0.25, -0.2) is 4.98 Å². The number of nitrogens with zero attached hydrogens (tertiary/aromatic N) is 2. The van der Waals surface area contributed by atoms with E-state index in [0.29, 0.717) is 11.4 Å². The number of amides is 2. The molecule has 0 aromatic carbocycles. The molecule has 4 atom stereocenters. The van der Waals surface area contributed by atoms with Gasteiger partial charge in [0.05, 0.1) is 11.0 Å². The van der Waals surface area contributed by atoms with E-state index in [-0.39, 0.29) is 42.1 Å². The van der Waals surface area contributed by atoms with E-state index in [9.17, 15) is 14.4 Å². The molecule has 7 nitrogen and oxygen atoms in total. The van der Waals surface area contributed by atoms with Crippen LogP contribution in [0.25, 0.3) is 10.2 Å². The van der Waals surface area contributed by atoms with Gasteiger partial charge in [-0.15, -0.1) is 11.3 Å². The average molecular weight is 428 g/mol. The van der Waals surface area contributed by atoms with Crippen molar-refractivity contribution in [2.45, 2.75) is 50.8 Å². The van der Waals surface area contributed by atoms with Crippen molar-refractivity contribution in [2.75, 3.05) is 13.2 Å². The summed E-state index contributed by atoms with van der Waals surface area (Å²) < 4.78 is 5.64. The summed E-state index contributed by atoms with van der Waals surface area (Å²) in [5, 5.41) is 3.94. The van der Waals surface area contributed by atoms with Gasteiger partial charge in [-0.05, 0) is 30.9 Å². The van der Waals surface area contributed by atoms with Gasteiger partial charge in [-0.3, -0.25) is 14.4 Å². The maximum Gasteiger partial charge on any atom is 0.262 e. The summed E-state index contributed by atoms with van der Waals surface area (Å²) in [4.78, 5) is 46.4. The Morgan fingerprint density at radius 1 is 1.33 bits per heavy atom. The standard InChI is InChI=1S/C22H25N3O4S/c1-12-10-25(18-15(26)11-29-19(12)18)22(28)17(13-5-2-3-6-13)24-20(27)16-9-14-7-4-8-23-21(14)30-16/h4,7-9,12-13,17-19H,2-3,5-6,10-11H2,1H3,(H,24,27)/t12-,17+,18-,19-/m1/s1. The third kappa shape index (κ3) is 3.32. The van der Waals surface area contributed by atoms with Gasteiger partial charge in [0.15, 0.2) is 5.78 Å². The summed E-state index contributed by atoms with van der Waals surface area (Å²) in [6.45, 7) is 2.57. The van der Waals surface area contributed by atoms with Crippen molar-refractivity contribution in [3.8, 4) is 0 Å². The summed E-state index contributed by atoms with van der Waals surface area (Å²) in [6.07, 6.45) is 5.41. The molecule has 0 bridgehead atoms. The third-order valence-electron chi connectivity index (χ3n) is 6.66. The van der Waals surface area contributed by atoms with Crippen LogP contribution < -0.4 is 5.32 Å². The minimum absolute atomic E-state index is 0.0372. The normalized spacial score (nSPS) is 27.6. The Morgan fingerprint density at radius 2 is 2.13 bits per heavy atom. The lowest BCUT2D eigenvalue weighted by Crippen LogP contribution is -2.54. The minimum Gasteiger partial charge on any atom is -0.367 e. The number of fused-ring (bicyclic) bond motifs is 2. The maximum absolute atomic E-state index is 13.6. The van der Waals surface area contributed by atoms with Gasteiger partial charge in [0, 0.05) is 24.0 Å². The SMILES string of the molecule is C[C@@H]1CN(C(=O)[C@@H](NC(=O)c2cc3cccnc3s2)C2CCCC2)[C@@H]2C(=O)CO[C@H]12. The Labute approximate surface area is 178 Å². The van der Waals surface area contributed by atoms with Crippen LogP contribution in [0.4, 0.5) is 0 Å². The van der Waals surface area contributed by atoms with Gasteiger partial charge < -0.3 is 15.0 Å². The molecule has 2 aromatic heterocycles.